The zero-order chi connectivity index (χ0) is 25.9. The number of carbonyl (C=O) groups is 3. The van der Waals surface area contributed by atoms with Crippen LogP contribution in [0.25, 0.3) is 0 Å². The van der Waals surface area contributed by atoms with Crippen molar-refractivity contribution in [3.63, 3.8) is 0 Å². The van der Waals surface area contributed by atoms with Gasteiger partial charge in [-0.3, -0.25) is 9.59 Å². The standard InChI is InChI=1S/C28H40N2O6/c1-17(31)28(35)13-10-22-20-7-6-18-15-19(8-11-26(18,2)21(20)9-12-27(22,28)3)29-36-16-24(32)30-14-4-5-23(30)25(33)34/h15,20-23,35H,4-14,16H2,1-3H3,(H,33,34)/b29-19-/t20-,21+,22+,23+,26+,27+,28+/m1/s1. The van der Waals surface area contributed by atoms with E-state index in [-0.39, 0.29) is 29.1 Å². The van der Waals surface area contributed by atoms with Crippen molar-refractivity contribution in [2.75, 3.05) is 13.2 Å². The largest absolute Gasteiger partial charge is 0.480 e. The van der Waals surface area contributed by atoms with E-state index in [2.05, 4.69) is 25.1 Å². The Balaban J connectivity index is 1.26. The summed E-state index contributed by atoms with van der Waals surface area (Å²) in [4.78, 5) is 43.0. The van der Waals surface area contributed by atoms with Crippen molar-refractivity contribution in [2.24, 2.45) is 33.7 Å². The summed E-state index contributed by atoms with van der Waals surface area (Å²) in [5.74, 6) is 0.0734. The van der Waals surface area contributed by atoms with E-state index in [4.69, 9.17) is 4.84 Å². The molecule has 0 spiro atoms. The Labute approximate surface area is 213 Å². The number of allylic oxidation sites excluding steroid dienone is 2. The second-order valence-electron chi connectivity index (χ2n) is 12.4. The summed E-state index contributed by atoms with van der Waals surface area (Å²) in [7, 11) is 0. The molecule has 1 saturated heterocycles. The van der Waals surface area contributed by atoms with Crippen LogP contribution < -0.4 is 0 Å². The third-order valence-electron chi connectivity index (χ3n) is 10.9. The maximum atomic E-state index is 12.5. The van der Waals surface area contributed by atoms with E-state index in [1.807, 2.05) is 0 Å². The summed E-state index contributed by atoms with van der Waals surface area (Å²) < 4.78 is 0. The number of carboxylic acids is 1. The van der Waals surface area contributed by atoms with Crippen molar-refractivity contribution in [1.82, 2.24) is 4.90 Å². The van der Waals surface area contributed by atoms with Crippen LogP contribution in [0.5, 0.6) is 0 Å². The van der Waals surface area contributed by atoms with Gasteiger partial charge in [0.2, 0.25) is 0 Å². The number of aliphatic carboxylic acids is 1. The molecule has 0 radical (unpaired) electrons. The van der Waals surface area contributed by atoms with Crippen molar-refractivity contribution in [1.29, 1.82) is 0 Å². The number of likely N-dealkylation sites (tertiary alicyclic amines) is 1. The van der Waals surface area contributed by atoms with E-state index < -0.39 is 17.6 Å². The molecule has 4 fully saturated rings. The number of rotatable bonds is 5. The topological polar surface area (TPSA) is 117 Å². The average molecular weight is 501 g/mol. The molecule has 0 bridgehead atoms. The maximum absolute atomic E-state index is 12.5. The lowest BCUT2D eigenvalue weighted by atomic mass is 9.46. The monoisotopic (exact) mass is 500 g/mol. The first-order valence-corrected chi connectivity index (χ1v) is 13.7. The molecule has 0 unspecified atom stereocenters. The SMILES string of the molecule is CC(=O)[C@@]1(O)CC[C@H]2[C@@H]3CCC4=C/C(=N\OCC(=O)N5CCC[C@H]5C(=O)O)CC[C@]4(C)[C@H]3CC[C@@]21C. The first-order chi connectivity index (χ1) is 17.0. The third kappa shape index (κ3) is 3.74. The Kier molecular flexibility index (Phi) is 6.33. The van der Waals surface area contributed by atoms with Crippen LogP contribution in [0.15, 0.2) is 16.8 Å². The summed E-state index contributed by atoms with van der Waals surface area (Å²) in [6.45, 7) is 6.30. The number of nitrogens with zero attached hydrogens (tertiary/aromatic N) is 2. The van der Waals surface area contributed by atoms with E-state index in [0.29, 0.717) is 43.6 Å². The highest BCUT2D eigenvalue weighted by atomic mass is 16.6. The third-order valence-corrected chi connectivity index (χ3v) is 10.9. The Morgan fingerprint density at radius 2 is 1.83 bits per heavy atom. The summed E-state index contributed by atoms with van der Waals surface area (Å²) in [6, 6.07) is -0.759. The number of aliphatic hydroxyl groups is 1. The van der Waals surface area contributed by atoms with Crippen LogP contribution in [-0.2, 0) is 19.2 Å². The molecule has 4 aliphatic carbocycles. The quantitative estimate of drug-likeness (QED) is 0.556. The Hall–Kier alpha value is -2.22. The Bertz CT molecular complexity index is 1020. The number of hydrogen-bond donors (Lipinski definition) is 2. The van der Waals surface area contributed by atoms with Gasteiger partial charge in [-0.2, -0.15) is 0 Å². The van der Waals surface area contributed by atoms with E-state index in [0.717, 1.165) is 50.7 Å². The number of hydrogen-bond acceptors (Lipinski definition) is 6. The van der Waals surface area contributed by atoms with Crippen molar-refractivity contribution in [3.8, 4) is 0 Å². The number of ketones is 1. The first-order valence-electron chi connectivity index (χ1n) is 13.7. The van der Waals surface area contributed by atoms with Gasteiger partial charge in [0.25, 0.3) is 5.91 Å². The van der Waals surface area contributed by atoms with E-state index in [9.17, 15) is 24.6 Å². The molecule has 0 aromatic rings. The molecule has 5 aliphatic rings. The number of oxime groups is 1. The predicted octanol–water partition coefficient (Wildman–Crippen LogP) is 3.72. The molecule has 5 rings (SSSR count). The number of carbonyl (C=O) groups excluding carboxylic acids is 2. The Morgan fingerprint density at radius 1 is 1.08 bits per heavy atom. The van der Waals surface area contributed by atoms with E-state index >= 15 is 0 Å². The molecule has 36 heavy (non-hydrogen) atoms. The van der Waals surface area contributed by atoms with Crippen LogP contribution in [0.1, 0.15) is 85.0 Å². The Morgan fingerprint density at radius 3 is 2.56 bits per heavy atom. The van der Waals surface area contributed by atoms with Crippen LogP contribution in [0.4, 0.5) is 0 Å². The van der Waals surface area contributed by atoms with Gasteiger partial charge in [-0.1, -0.05) is 24.6 Å². The van der Waals surface area contributed by atoms with Gasteiger partial charge in [-0.25, -0.2) is 4.79 Å². The van der Waals surface area contributed by atoms with Crippen molar-refractivity contribution >= 4 is 23.4 Å². The molecule has 7 atom stereocenters. The molecule has 198 valence electrons. The van der Waals surface area contributed by atoms with Gasteiger partial charge in [-0.15, -0.1) is 0 Å². The highest BCUT2D eigenvalue weighted by Crippen LogP contribution is 2.67. The fourth-order valence-corrected chi connectivity index (χ4v) is 8.81. The summed E-state index contributed by atoms with van der Waals surface area (Å²) >= 11 is 0. The van der Waals surface area contributed by atoms with Crippen LogP contribution in [-0.4, -0.2) is 63.3 Å². The van der Waals surface area contributed by atoms with Gasteiger partial charge < -0.3 is 20.0 Å². The molecule has 1 aliphatic heterocycles. The maximum Gasteiger partial charge on any atom is 0.326 e. The molecule has 0 aromatic carbocycles. The number of amides is 1. The van der Waals surface area contributed by atoms with Gasteiger partial charge in [0.15, 0.2) is 12.4 Å². The molecule has 3 saturated carbocycles. The molecular weight excluding hydrogens is 460 g/mol. The van der Waals surface area contributed by atoms with Crippen molar-refractivity contribution in [3.05, 3.63) is 11.6 Å². The normalized spacial score (nSPS) is 42.8. The summed E-state index contributed by atoms with van der Waals surface area (Å²) in [5.41, 5.74) is 0.824. The minimum atomic E-state index is -1.18. The van der Waals surface area contributed by atoms with Gasteiger partial charge in [-0.05, 0) is 100 Å². The van der Waals surface area contributed by atoms with Gasteiger partial charge in [0.1, 0.15) is 11.6 Å². The van der Waals surface area contributed by atoms with E-state index in [1.54, 1.807) is 6.92 Å². The lowest BCUT2D eigenvalue weighted by Crippen LogP contribution is -2.57. The second-order valence-corrected chi connectivity index (χ2v) is 12.4. The van der Waals surface area contributed by atoms with Gasteiger partial charge in [0.05, 0.1) is 5.71 Å². The number of carboxylic acid groups (broad SMARTS) is 1. The summed E-state index contributed by atoms with van der Waals surface area (Å²) in [6.07, 6.45) is 10.6. The first kappa shape index (κ1) is 25.4. The molecule has 8 nitrogen and oxygen atoms in total. The fourth-order valence-electron chi connectivity index (χ4n) is 8.81. The molecule has 2 N–H and O–H groups in total. The minimum Gasteiger partial charge on any atom is -0.480 e. The fraction of sp³-hybridized carbons (Fsp3) is 0.786. The van der Waals surface area contributed by atoms with E-state index in [1.165, 1.54) is 10.5 Å². The van der Waals surface area contributed by atoms with Crippen molar-refractivity contribution in [2.45, 2.75) is 96.6 Å². The highest BCUT2D eigenvalue weighted by Gasteiger charge is 2.65. The van der Waals surface area contributed by atoms with Crippen LogP contribution >= 0.6 is 0 Å². The van der Waals surface area contributed by atoms with Crippen molar-refractivity contribution < 1.29 is 29.4 Å². The molecule has 1 heterocycles. The molecule has 8 heteroatoms. The predicted molar refractivity (Wildman–Crippen MR) is 133 cm³/mol. The molecule has 1 amide bonds. The lowest BCUT2D eigenvalue weighted by molar-refractivity contribution is -0.159. The number of Topliss-reactive ketones (excluding diaryl/α,β-unsaturated/α-hetero) is 1. The summed E-state index contributed by atoms with van der Waals surface area (Å²) in [5, 5.41) is 24.9. The lowest BCUT2D eigenvalue weighted by Gasteiger charge is -2.59. The zero-order valence-electron chi connectivity index (χ0n) is 21.8. The minimum absolute atomic E-state index is 0.0752. The number of fused-ring (bicyclic) bond motifs is 5. The van der Waals surface area contributed by atoms with Gasteiger partial charge in [0, 0.05) is 12.0 Å². The highest BCUT2D eigenvalue weighted by molar-refractivity contribution is 5.96. The second kappa shape index (κ2) is 8.96. The van der Waals surface area contributed by atoms with Crippen LogP contribution in [0.3, 0.4) is 0 Å². The average Bonchev–Trinajstić information content (AvgIpc) is 3.43. The molecule has 0 aromatic heterocycles. The van der Waals surface area contributed by atoms with Gasteiger partial charge >= 0.3 is 5.97 Å². The smallest absolute Gasteiger partial charge is 0.326 e. The molecular formula is C28H40N2O6. The van der Waals surface area contributed by atoms with Crippen LogP contribution in [0, 0.1) is 28.6 Å². The zero-order valence-corrected chi connectivity index (χ0v) is 21.8. The van der Waals surface area contributed by atoms with Crippen LogP contribution in [0.2, 0.25) is 0 Å².